The van der Waals surface area contributed by atoms with Crippen molar-refractivity contribution < 1.29 is 32.2 Å². The van der Waals surface area contributed by atoms with Crippen molar-refractivity contribution in [1.82, 2.24) is 4.90 Å². The maximum Gasteiger partial charge on any atom is 0.410 e. The summed E-state index contributed by atoms with van der Waals surface area (Å²) in [4.78, 5) is 14.5. The van der Waals surface area contributed by atoms with Crippen LogP contribution >= 0.6 is 0 Å². The highest BCUT2D eigenvalue weighted by Gasteiger charge is 2.33. The molecule has 10 heteroatoms. The number of cyclic esters (lactones) is 1. The molecule has 1 saturated heterocycles. The van der Waals surface area contributed by atoms with Crippen molar-refractivity contribution in [3.8, 4) is 5.75 Å². The number of ether oxygens (including phenoxy) is 4. The highest BCUT2D eigenvalue weighted by molar-refractivity contribution is 7.89. The number of nitrogens with zero attached hydrogens (tertiary/aromatic N) is 1. The van der Waals surface area contributed by atoms with Crippen LogP contribution in [0.5, 0.6) is 5.75 Å². The van der Waals surface area contributed by atoms with Gasteiger partial charge in [-0.1, -0.05) is 42.5 Å². The highest BCUT2D eigenvalue weighted by atomic mass is 32.2. The van der Waals surface area contributed by atoms with Crippen molar-refractivity contribution in [3.05, 3.63) is 94.5 Å². The van der Waals surface area contributed by atoms with Crippen molar-refractivity contribution in [1.29, 1.82) is 0 Å². The molecule has 1 fully saturated rings. The molecule has 0 unspecified atom stereocenters. The maximum absolute atomic E-state index is 12.6. The Kier molecular flexibility index (Phi) is 9.17. The third-order valence-corrected chi connectivity index (χ3v) is 8.35. The standard InChI is InChI=1S/C32H38N2O7S/c1-32(2)39-22-27-19-26(12-13-29(27)41-32)30-20-34(31(35)40-30)15-14-24-8-5-10-25(17-24)21-38-16-4-3-7-23-9-6-11-28(18-23)42(33,36)37/h5-6,8-13,17-19,30H,3-4,7,14-16,20-22H2,1-2H3,(H2,33,36,37)/t30-/m0/s1. The number of carbonyl (C=O) groups excluding carboxylic acids is 1. The highest BCUT2D eigenvalue weighted by Crippen LogP contribution is 2.35. The summed E-state index contributed by atoms with van der Waals surface area (Å²) in [6, 6.07) is 20.9. The molecule has 0 aliphatic carbocycles. The van der Waals surface area contributed by atoms with Gasteiger partial charge >= 0.3 is 6.09 Å². The van der Waals surface area contributed by atoms with E-state index in [9.17, 15) is 13.2 Å². The minimum absolute atomic E-state index is 0.141. The number of fused-ring (bicyclic) bond motifs is 1. The van der Waals surface area contributed by atoms with Gasteiger partial charge in [-0.05, 0) is 72.2 Å². The van der Waals surface area contributed by atoms with Crippen LogP contribution in [-0.4, -0.2) is 44.9 Å². The van der Waals surface area contributed by atoms with E-state index in [4.69, 9.17) is 24.1 Å². The molecule has 0 bridgehead atoms. The largest absolute Gasteiger partial charge is 0.463 e. The minimum atomic E-state index is -3.69. The van der Waals surface area contributed by atoms with E-state index >= 15 is 0 Å². The van der Waals surface area contributed by atoms with Gasteiger partial charge in [-0.3, -0.25) is 0 Å². The third kappa shape index (κ3) is 7.89. The fourth-order valence-corrected chi connectivity index (χ4v) is 5.75. The summed E-state index contributed by atoms with van der Waals surface area (Å²) in [5.41, 5.74) is 5.05. The molecule has 0 spiro atoms. The summed E-state index contributed by atoms with van der Waals surface area (Å²) in [5.74, 6) is 0.150. The Bertz CT molecular complexity index is 1520. The zero-order chi connectivity index (χ0) is 29.7. The summed E-state index contributed by atoms with van der Waals surface area (Å²) in [6.07, 6.45) is 2.59. The van der Waals surface area contributed by atoms with Gasteiger partial charge in [0.05, 0.1) is 24.7 Å². The molecule has 2 aliphatic heterocycles. The van der Waals surface area contributed by atoms with Gasteiger partial charge in [0.15, 0.2) is 0 Å². The number of hydrogen-bond acceptors (Lipinski definition) is 7. The number of nitrogens with two attached hydrogens (primary N) is 1. The lowest BCUT2D eigenvalue weighted by molar-refractivity contribution is -0.180. The van der Waals surface area contributed by atoms with E-state index in [0.717, 1.165) is 52.8 Å². The molecule has 224 valence electrons. The molecule has 9 nitrogen and oxygen atoms in total. The van der Waals surface area contributed by atoms with Gasteiger partial charge in [-0.2, -0.15) is 0 Å². The molecule has 3 aromatic rings. The summed E-state index contributed by atoms with van der Waals surface area (Å²) < 4.78 is 46.3. The van der Waals surface area contributed by atoms with Crippen LogP contribution in [0.25, 0.3) is 0 Å². The Hall–Kier alpha value is -3.44. The Morgan fingerprint density at radius 3 is 2.55 bits per heavy atom. The first-order chi connectivity index (χ1) is 20.1. The number of unbranched alkanes of at least 4 members (excludes halogenated alkanes) is 1. The van der Waals surface area contributed by atoms with Crippen molar-refractivity contribution in [2.24, 2.45) is 5.14 Å². The van der Waals surface area contributed by atoms with E-state index in [0.29, 0.717) is 39.3 Å². The molecule has 5 rings (SSSR count). The third-order valence-electron chi connectivity index (χ3n) is 7.44. The molecule has 42 heavy (non-hydrogen) atoms. The van der Waals surface area contributed by atoms with Crippen LogP contribution in [0.15, 0.2) is 71.6 Å². The lowest BCUT2D eigenvalue weighted by atomic mass is 10.0. The number of carbonyl (C=O) groups is 1. The molecule has 1 amide bonds. The van der Waals surface area contributed by atoms with Crippen LogP contribution in [0.3, 0.4) is 0 Å². The second kappa shape index (κ2) is 12.8. The Labute approximate surface area is 247 Å². The second-order valence-corrected chi connectivity index (χ2v) is 12.8. The molecule has 2 N–H and O–H groups in total. The molecular weight excluding hydrogens is 556 g/mol. The molecule has 0 aromatic heterocycles. The van der Waals surface area contributed by atoms with Crippen molar-refractivity contribution >= 4 is 16.1 Å². The zero-order valence-electron chi connectivity index (χ0n) is 24.1. The number of sulfonamides is 1. The van der Waals surface area contributed by atoms with E-state index in [2.05, 4.69) is 12.1 Å². The van der Waals surface area contributed by atoms with Crippen LogP contribution < -0.4 is 9.88 Å². The summed E-state index contributed by atoms with van der Waals surface area (Å²) in [7, 11) is -3.69. The molecule has 0 radical (unpaired) electrons. The van der Waals surface area contributed by atoms with E-state index in [1.165, 1.54) is 6.07 Å². The fourth-order valence-electron chi connectivity index (χ4n) is 5.16. The van der Waals surface area contributed by atoms with Crippen LogP contribution in [0.4, 0.5) is 4.79 Å². The van der Waals surface area contributed by atoms with Gasteiger partial charge in [-0.25, -0.2) is 18.4 Å². The molecular formula is C32H38N2O7S. The van der Waals surface area contributed by atoms with Crippen LogP contribution in [-0.2, 0) is 50.3 Å². The molecule has 2 aliphatic rings. The van der Waals surface area contributed by atoms with Crippen molar-refractivity contribution in [3.63, 3.8) is 0 Å². The summed E-state index contributed by atoms with van der Waals surface area (Å²) >= 11 is 0. The lowest BCUT2D eigenvalue weighted by Crippen LogP contribution is -2.35. The first kappa shape index (κ1) is 30.0. The predicted molar refractivity (Wildman–Crippen MR) is 157 cm³/mol. The van der Waals surface area contributed by atoms with Crippen molar-refractivity contribution in [2.75, 3.05) is 19.7 Å². The number of hydrogen-bond donors (Lipinski definition) is 1. The number of benzene rings is 3. The molecule has 1 atom stereocenters. The number of aryl methyl sites for hydroxylation is 1. The number of primary sulfonamides is 1. The Morgan fingerprint density at radius 1 is 0.976 bits per heavy atom. The molecule has 3 aromatic carbocycles. The van der Waals surface area contributed by atoms with Gasteiger partial charge in [0.2, 0.25) is 15.8 Å². The quantitative estimate of drug-likeness (QED) is 0.285. The van der Waals surface area contributed by atoms with E-state index < -0.39 is 15.8 Å². The van der Waals surface area contributed by atoms with Gasteiger partial charge in [-0.15, -0.1) is 0 Å². The van der Waals surface area contributed by atoms with Crippen LogP contribution in [0.1, 0.15) is 60.6 Å². The van der Waals surface area contributed by atoms with E-state index in [1.54, 1.807) is 17.0 Å². The van der Waals surface area contributed by atoms with Crippen molar-refractivity contribution in [2.45, 2.75) is 69.5 Å². The first-order valence-electron chi connectivity index (χ1n) is 14.2. The Morgan fingerprint density at radius 2 is 1.74 bits per heavy atom. The lowest BCUT2D eigenvalue weighted by Gasteiger charge is -2.32. The minimum Gasteiger partial charge on any atom is -0.463 e. The smallest absolute Gasteiger partial charge is 0.410 e. The number of rotatable bonds is 12. The summed E-state index contributed by atoms with van der Waals surface area (Å²) in [5, 5.41) is 5.22. The Balaban J connectivity index is 1.04. The van der Waals surface area contributed by atoms with Crippen LogP contribution in [0.2, 0.25) is 0 Å². The van der Waals surface area contributed by atoms with E-state index in [-0.39, 0.29) is 17.1 Å². The second-order valence-electron chi connectivity index (χ2n) is 11.2. The normalized spacial score (nSPS) is 17.9. The molecule has 0 saturated carbocycles. The topological polar surface area (TPSA) is 117 Å². The molecule has 2 heterocycles. The van der Waals surface area contributed by atoms with E-state index in [1.807, 2.05) is 50.2 Å². The number of amides is 1. The SMILES string of the molecule is CC1(C)OCc2cc([C@@H]3CN(CCc4cccc(COCCCCc5cccc(S(N)(=O)=O)c5)c4)C(=O)O3)ccc2O1. The van der Waals surface area contributed by atoms with Gasteiger partial charge in [0, 0.05) is 32.6 Å². The summed E-state index contributed by atoms with van der Waals surface area (Å²) in [6.45, 7) is 6.41. The maximum atomic E-state index is 12.6. The van der Waals surface area contributed by atoms with Gasteiger partial charge in [0.25, 0.3) is 0 Å². The fraction of sp³-hybridized carbons (Fsp3) is 0.406. The van der Waals surface area contributed by atoms with Gasteiger partial charge < -0.3 is 23.8 Å². The predicted octanol–water partition coefficient (Wildman–Crippen LogP) is 5.25. The zero-order valence-corrected chi connectivity index (χ0v) is 24.9. The average molecular weight is 595 g/mol. The average Bonchev–Trinajstić information content (AvgIpc) is 3.33. The van der Waals surface area contributed by atoms with Crippen LogP contribution in [0, 0.1) is 0 Å². The monoisotopic (exact) mass is 594 g/mol. The first-order valence-corrected chi connectivity index (χ1v) is 15.8. The van der Waals surface area contributed by atoms with Gasteiger partial charge in [0.1, 0.15) is 11.9 Å².